The number of benzene rings is 2. The van der Waals surface area contributed by atoms with Crippen LogP contribution in [0.3, 0.4) is 0 Å². The summed E-state index contributed by atoms with van der Waals surface area (Å²) in [4.78, 5) is 16.7. The van der Waals surface area contributed by atoms with Gasteiger partial charge in [0.05, 0.1) is 5.52 Å². The minimum absolute atomic E-state index is 0.203. The number of rotatable bonds is 7. The molecule has 1 aromatic heterocycles. The summed E-state index contributed by atoms with van der Waals surface area (Å²) < 4.78 is 47.6. The summed E-state index contributed by atoms with van der Waals surface area (Å²) in [6.45, 7) is 5.79. The zero-order valence-electron chi connectivity index (χ0n) is 17.0. The summed E-state index contributed by atoms with van der Waals surface area (Å²) in [5.41, 5.74) is 2.39. The van der Waals surface area contributed by atoms with Crippen molar-refractivity contribution in [3.05, 3.63) is 64.6 Å². The van der Waals surface area contributed by atoms with Gasteiger partial charge in [0.15, 0.2) is 5.58 Å². The molecule has 1 saturated heterocycles. The number of hydrogen-bond acceptors (Lipinski definition) is 5. The average molecular weight is 435 g/mol. The summed E-state index contributed by atoms with van der Waals surface area (Å²) >= 11 is 0. The number of hydrogen-bond donors (Lipinski definition) is 0. The molecule has 0 amide bonds. The van der Waals surface area contributed by atoms with Crippen LogP contribution >= 0.6 is 0 Å². The molecule has 3 aromatic rings. The van der Waals surface area contributed by atoms with Crippen LogP contribution in [-0.2, 0) is 13.1 Å². The number of aromatic nitrogens is 1. The Morgan fingerprint density at radius 3 is 2.29 bits per heavy atom. The van der Waals surface area contributed by atoms with E-state index in [1.807, 2.05) is 18.2 Å². The first-order chi connectivity index (χ1) is 14.9. The van der Waals surface area contributed by atoms with E-state index in [1.54, 1.807) is 22.8 Å². The van der Waals surface area contributed by atoms with Gasteiger partial charge in [0.1, 0.15) is 5.75 Å². The topological polar surface area (TPSA) is 50.9 Å². The lowest BCUT2D eigenvalue weighted by molar-refractivity contribution is -0.274. The van der Waals surface area contributed by atoms with Crippen LogP contribution in [0.15, 0.2) is 57.7 Å². The molecule has 4 rings (SSSR count). The van der Waals surface area contributed by atoms with Crippen molar-refractivity contribution in [2.24, 2.45) is 0 Å². The number of aryl methyl sites for hydroxylation is 1. The predicted octanol–water partition coefficient (Wildman–Crippen LogP) is 3.70. The lowest BCUT2D eigenvalue weighted by atomic mass is 10.2. The largest absolute Gasteiger partial charge is 0.573 e. The van der Waals surface area contributed by atoms with E-state index in [0.29, 0.717) is 18.7 Å². The third kappa shape index (κ3) is 5.68. The quantitative estimate of drug-likeness (QED) is 0.567. The molecular weight excluding hydrogens is 411 g/mol. The van der Waals surface area contributed by atoms with E-state index in [-0.39, 0.29) is 11.5 Å². The average Bonchev–Trinajstić information content (AvgIpc) is 3.05. The Hall–Kier alpha value is -2.78. The van der Waals surface area contributed by atoms with Crippen LogP contribution < -0.4 is 10.5 Å². The van der Waals surface area contributed by atoms with Crippen molar-refractivity contribution >= 4 is 11.1 Å². The van der Waals surface area contributed by atoms with Gasteiger partial charge in [0.25, 0.3) is 0 Å². The van der Waals surface area contributed by atoms with Crippen molar-refractivity contribution in [1.82, 2.24) is 14.4 Å². The van der Waals surface area contributed by atoms with Gasteiger partial charge in [-0.15, -0.1) is 13.2 Å². The maximum Gasteiger partial charge on any atom is 0.573 e. The van der Waals surface area contributed by atoms with Crippen molar-refractivity contribution < 1.29 is 22.3 Å². The van der Waals surface area contributed by atoms with Crippen molar-refractivity contribution in [2.45, 2.75) is 25.9 Å². The highest BCUT2D eigenvalue weighted by Gasteiger charge is 2.31. The fraction of sp³-hybridized carbons (Fsp3) is 0.409. The molecule has 0 N–H and O–H groups in total. The van der Waals surface area contributed by atoms with Crippen LogP contribution in [-0.4, -0.2) is 53.5 Å². The van der Waals surface area contributed by atoms with Crippen LogP contribution in [0.2, 0.25) is 0 Å². The first kappa shape index (κ1) is 21.5. The van der Waals surface area contributed by atoms with Crippen LogP contribution in [0.5, 0.6) is 5.75 Å². The van der Waals surface area contributed by atoms with E-state index < -0.39 is 6.36 Å². The van der Waals surface area contributed by atoms with Gasteiger partial charge in [-0.1, -0.05) is 24.3 Å². The normalized spacial score (nSPS) is 16.1. The number of para-hydroxylation sites is 2. The molecule has 0 bridgehead atoms. The molecule has 1 aliphatic heterocycles. The molecule has 0 unspecified atom stereocenters. The second-order valence-corrected chi connectivity index (χ2v) is 7.65. The fourth-order valence-electron chi connectivity index (χ4n) is 3.90. The Morgan fingerprint density at radius 1 is 0.903 bits per heavy atom. The minimum atomic E-state index is -4.67. The smallest absolute Gasteiger partial charge is 0.408 e. The molecule has 6 nitrogen and oxygen atoms in total. The Labute approximate surface area is 177 Å². The van der Waals surface area contributed by atoms with E-state index in [2.05, 4.69) is 14.5 Å². The highest BCUT2D eigenvalue weighted by Crippen LogP contribution is 2.23. The van der Waals surface area contributed by atoms with Crippen LogP contribution in [0.4, 0.5) is 13.2 Å². The number of piperazine rings is 1. The van der Waals surface area contributed by atoms with Crippen molar-refractivity contribution in [2.75, 3.05) is 32.7 Å². The lowest BCUT2D eigenvalue weighted by Gasteiger charge is -2.34. The first-order valence-corrected chi connectivity index (χ1v) is 10.3. The second kappa shape index (κ2) is 9.15. The molecule has 0 radical (unpaired) electrons. The van der Waals surface area contributed by atoms with Gasteiger partial charge in [0, 0.05) is 39.3 Å². The van der Waals surface area contributed by atoms with Gasteiger partial charge in [-0.25, -0.2) is 4.79 Å². The number of nitrogens with zero attached hydrogens (tertiary/aromatic N) is 3. The number of ether oxygens (including phenoxy) is 1. The zero-order chi connectivity index (χ0) is 21.8. The summed E-state index contributed by atoms with van der Waals surface area (Å²) in [5.74, 6) is -0.525. The van der Waals surface area contributed by atoms with E-state index in [0.717, 1.165) is 50.2 Å². The minimum Gasteiger partial charge on any atom is -0.408 e. The van der Waals surface area contributed by atoms with Crippen LogP contribution in [0.25, 0.3) is 11.1 Å². The van der Waals surface area contributed by atoms with Gasteiger partial charge in [-0.2, -0.15) is 0 Å². The predicted molar refractivity (Wildman–Crippen MR) is 110 cm³/mol. The summed E-state index contributed by atoms with van der Waals surface area (Å²) in [7, 11) is 0. The van der Waals surface area contributed by atoms with Crippen molar-refractivity contribution in [1.29, 1.82) is 0 Å². The van der Waals surface area contributed by atoms with E-state index in [4.69, 9.17) is 4.42 Å². The molecule has 31 heavy (non-hydrogen) atoms. The molecule has 9 heteroatoms. The van der Waals surface area contributed by atoms with E-state index in [1.165, 1.54) is 12.1 Å². The summed E-state index contributed by atoms with van der Waals surface area (Å²) in [5, 5.41) is 0. The first-order valence-electron chi connectivity index (χ1n) is 10.3. The van der Waals surface area contributed by atoms with E-state index in [9.17, 15) is 18.0 Å². The molecule has 0 saturated carbocycles. The SMILES string of the molecule is O=c1oc2ccccc2n1CCCN1CCN(Cc2ccc(OC(F)(F)F)cc2)CC1. The van der Waals surface area contributed by atoms with Crippen molar-refractivity contribution in [3.63, 3.8) is 0 Å². The lowest BCUT2D eigenvalue weighted by Crippen LogP contribution is -2.46. The molecular formula is C22H24F3N3O3. The van der Waals surface area contributed by atoms with Gasteiger partial charge in [0.2, 0.25) is 0 Å². The number of oxazole rings is 1. The Morgan fingerprint density at radius 2 is 1.58 bits per heavy atom. The molecule has 0 atom stereocenters. The van der Waals surface area contributed by atoms with Gasteiger partial charge < -0.3 is 14.1 Å². The highest BCUT2D eigenvalue weighted by molar-refractivity contribution is 5.72. The molecule has 0 spiro atoms. The standard InChI is InChI=1S/C22H24F3N3O3/c23-22(24,25)31-18-8-6-17(7-9-18)16-27-14-12-26(13-15-27)10-3-11-28-19-4-1-2-5-20(19)30-21(28)29/h1-2,4-9H,3,10-16H2. The molecule has 2 aromatic carbocycles. The third-order valence-corrected chi connectivity index (χ3v) is 5.46. The molecule has 1 fully saturated rings. The summed E-state index contributed by atoms with van der Waals surface area (Å²) in [6.07, 6.45) is -3.82. The Bertz CT molecular complexity index is 1050. The maximum absolute atomic E-state index is 12.3. The monoisotopic (exact) mass is 435 g/mol. The second-order valence-electron chi connectivity index (χ2n) is 7.65. The van der Waals surface area contributed by atoms with Crippen LogP contribution in [0, 0.1) is 0 Å². The zero-order valence-corrected chi connectivity index (χ0v) is 17.0. The number of alkyl halides is 3. The fourth-order valence-corrected chi connectivity index (χ4v) is 3.90. The van der Waals surface area contributed by atoms with E-state index >= 15 is 0 Å². The summed E-state index contributed by atoms with van der Waals surface area (Å²) in [6, 6.07) is 13.5. The molecule has 0 aliphatic carbocycles. The molecule has 2 heterocycles. The van der Waals surface area contributed by atoms with Crippen LogP contribution in [0.1, 0.15) is 12.0 Å². The Kier molecular flexibility index (Phi) is 6.33. The van der Waals surface area contributed by atoms with Crippen molar-refractivity contribution in [3.8, 4) is 5.75 Å². The maximum atomic E-state index is 12.3. The highest BCUT2D eigenvalue weighted by atomic mass is 19.4. The number of halogens is 3. The Balaban J connectivity index is 1.21. The number of fused-ring (bicyclic) bond motifs is 1. The molecule has 1 aliphatic rings. The van der Waals surface area contributed by atoms with Gasteiger partial charge in [-0.05, 0) is 42.8 Å². The van der Waals surface area contributed by atoms with Gasteiger partial charge in [-0.3, -0.25) is 9.47 Å². The van der Waals surface area contributed by atoms with Gasteiger partial charge >= 0.3 is 12.1 Å². The third-order valence-electron chi connectivity index (χ3n) is 5.46. The molecule has 166 valence electrons.